The molecule has 0 spiro atoms. The monoisotopic (exact) mass is 495 g/mol. The maximum Gasteiger partial charge on any atom is 0.341 e. The van der Waals surface area contributed by atoms with Gasteiger partial charge in [-0.25, -0.2) is 13.2 Å². The molecule has 1 aromatic carbocycles. The number of benzene rings is 1. The molecule has 3 rings (SSSR count). The zero-order valence-electron chi connectivity index (χ0n) is 19.6. The number of rotatable bonds is 6. The molecule has 180 valence electrons. The predicted molar refractivity (Wildman–Crippen MR) is 127 cm³/mol. The van der Waals surface area contributed by atoms with Gasteiger partial charge in [-0.3, -0.25) is 4.79 Å². The van der Waals surface area contributed by atoms with Crippen LogP contribution in [0.5, 0.6) is 0 Å². The van der Waals surface area contributed by atoms with Crippen LogP contribution in [0.1, 0.15) is 47.1 Å². The van der Waals surface area contributed by atoms with Gasteiger partial charge in [-0.1, -0.05) is 17.7 Å². The summed E-state index contributed by atoms with van der Waals surface area (Å²) in [6.07, 6.45) is 1.10. The summed E-state index contributed by atoms with van der Waals surface area (Å²) in [5.41, 5.74) is 2.49. The van der Waals surface area contributed by atoms with E-state index in [2.05, 4.69) is 5.32 Å². The highest BCUT2D eigenvalue weighted by atomic mass is 35.5. The van der Waals surface area contributed by atoms with Crippen molar-refractivity contribution in [3.05, 3.63) is 45.7 Å². The fourth-order valence-corrected chi connectivity index (χ4v) is 6.28. The van der Waals surface area contributed by atoms with E-state index in [0.29, 0.717) is 34.9 Å². The van der Waals surface area contributed by atoms with E-state index in [4.69, 9.17) is 16.3 Å². The molecule has 1 saturated heterocycles. The van der Waals surface area contributed by atoms with Crippen LogP contribution in [0.25, 0.3) is 0 Å². The summed E-state index contributed by atoms with van der Waals surface area (Å²) in [5.74, 6) is -1.45. The number of aromatic nitrogens is 1. The number of carbonyl (C=O) groups excluding carboxylic acids is 2. The smallest absolute Gasteiger partial charge is 0.341 e. The summed E-state index contributed by atoms with van der Waals surface area (Å²) < 4.78 is 35.4. The van der Waals surface area contributed by atoms with E-state index in [1.807, 2.05) is 13.0 Å². The maximum absolute atomic E-state index is 13.7. The quantitative estimate of drug-likeness (QED) is 0.614. The van der Waals surface area contributed by atoms with E-state index < -0.39 is 21.9 Å². The van der Waals surface area contributed by atoms with Crippen LogP contribution in [0.15, 0.2) is 23.1 Å². The molecule has 1 fully saturated rings. The number of sulfonamides is 1. The molecule has 1 amide bonds. The van der Waals surface area contributed by atoms with Crippen LogP contribution in [-0.4, -0.2) is 48.9 Å². The second-order valence-electron chi connectivity index (χ2n) is 8.31. The highest BCUT2D eigenvalue weighted by Crippen LogP contribution is 2.32. The lowest BCUT2D eigenvalue weighted by molar-refractivity contribution is -0.120. The van der Waals surface area contributed by atoms with E-state index in [-0.39, 0.29) is 36.1 Å². The molecule has 1 N–H and O–H groups in total. The third-order valence-electron chi connectivity index (χ3n) is 6.20. The second kappa shape index (κ2) is 9.87. The molecule has 0 aliphatic carbocycles. The number of nitrogens with zero attached hydrogens (tertiary/aromatic N) is 2. The first kappa shape index (κ1) is 25.3. The number of halogens is 1. The Hall–Kier alpha value is -2.36. The number of aryl methyl sites for hydroxylation is 1. The van der Waals surface area contributed by atoms with Gasteiger partial charge in [-0.2, -0.15) is 4.31 Å². The molecule has 2 heterocycles. The molecule has 1 aliphatic heterocycles. The first-order valence-corrected chi connectivity index (χ1v) is 12.7. The van der Waals surface area contributed by atoms with Crippen LogP contribution in [-0.2, 0) is 26.6 Å². The highest BCUT2D eigenvalue weighted by Gasteiger charge is 2.39. The van der Waals surface area contributed by atoms with Gasteiger partial charge in [0.05, 0.1) is 12.5 Å². The minimum atomic E-state index is -4.03. The number of hydrogen-bond donors (Lipinski definition) is 1. The van der Waals surface area contributed by atoms with Crippen LogP contribution < -0.4 is 5.32 Å². The predicted octanol–water partition coefficient (Wildman–Crippen LogP) is 3.82. The van der Waals surface area contributed by atoms with Gasteiger partial charge in [0.1, 0.15) is 10.5 Å². The normalized spacial score (nSPS) is 17.1. The van der Waals surface area contributed by atoms with Crippen LogP contribution in [0.4, 0.5) is 5.69 Å². The number of esters is 1. The van der Waals surface area contributed by atoms with Crippen LogP contribution in [0.3, 0.4) is 0 Å². The number of anilines is 1. The lowest BCUT2D eigenvalue weighted by atomic mass is 9.98. The number of hydrogen-bond acceptors (Lipinski definition) is 5. The molecule has 0 unspecified atom stereocenters. The Morgan fingerprint density at radius 3 is 2.55 bits per heavy atom. The summed E-state index contributed by atoms with van der Waals surface area (Å²) in [5, 5.41) is 3.38. The van der Waals surface area contributed by atoms with Crippen molar-refractivity contribution in [1.82, 2.24) is 8.87 Å². The summed E-state index contributed by atoms with van der Waals surface area (Å²) in [7, 11) is -2.32. The topological polar surface area (TPSA) is 97.7 Å². The maximum atomic E-state index is 13.7. The molecule has 1 aliphatic rings. The first-order valence-electron chi connectivity index (χ1n) is 10.9. The van der Waals surface area contributed by atoms with Gasteiger partial charge < -0.3 is 14.6 Å². The minimum Gasteiger partial charge on any atom is -0.462 e. The largest absolute Gasteiger partial charge is 0.462 e. The summed E-state index contributed by atoms with van der Waals surface area (Å²) in [6, 6.07) is 5.25. The standard InChI is InChI=1S/C23H30ClN3O5S/c1-6-32-23(29)20-15(3)26(5)16(4)21(20)33(30,31)27-11-7-8-17(13-27)22(28)25-18-10-9-14(2)19(24)12-18/h9-10,12,17H,6-8,11,13H2,1-5H3,(H,25,28)/t17-/m1/s1. The molecule has 0 bridgehead atoms. The lowest BCUT2D eigenvalue weighted by Crippen LogP contribution is -2.44. The van der Waals surface area contributed by atoms with Gasteiger partial charge in [-0.05, 0) is 58.2 Å². The van der Waals surface area contributed by atoms with E-state index in [1.165, 1.54) is 4.31 Å². The van der Waals surface area contributed by atoms with Crippen molar-refractivity contribution in [2.75, 3.05) is 25.0 Å². The zero-order chi connectivity index (χ0) is 24.5. The summed E-state index contributed by atoms with van der Waals surface area (Å²) in [6.45, 7) is 7.35. The summed E-state index contributed by atoms with van der Waals surface area (Å²) in [4.78, 5) is 25.5. The van der Waals surface area contributed by atoms with Crippen molar-refractivity contribution in [3.63, 3.8) is 0 Å². The fourth-order valence-electron chi connectivity index (χ4n) is 4.09. The SMILES string of the molecule is CCOC(=O)c1c(S(=O)(=O)N2CCC[C@@H](C(=O)Nc3ccc(C)c(Cl)c3)C2)c(C)n(C)c1C. The Morgan fingerprint density at radius 1 is 1.21 bits per heavy atom. The van der Waals surface area contributed by atoms with Gasteiger partial charge in [0.25, 0.3) is 0 Å². The Morgan fingerprint density at radius 2 is 1.91 bits per heavy atom. The molecule has 2 aromatic rings. The second-order valence-corrected chi connectivity index (χ2v) is 10.6. The van der Waals surface area contributed by atoms with Crippen molar-refractivity contribution in [1.29, 1.82) is 0 Å². The first-order chi connectivity index (χ1) is 15.5. The van der Waals surface area contributed by atoms with Crippen LogP contribution in [0.2, 0.25) is 5.02 Å². The van der Waals surface area contributed by atoms with E-state index in [1.54, 1.807) is 44.5 Å². The number of nitrogens with one attached hydrogen (secondary N) is 1. The summed E-state index contributed by atoms with van der Waals surface area (Å²) >= 11 is 6.15. The van der Waals surface area contributed by atoms with E-state index in [0.717, 1.165) is 5.56 Å². The molecular weight excluding hydrogens is 466 g/mol. The molecule has 0 radical (unpaired) electrons. The van der Waals surface area contributed by atoms with Gasteiger partial charge in [-0.15, -0.1) is 0 Å². The Balaban J connectivity index is 1.88. The number of piperidine rings is 1. The van der Waals surface area contributed by atoms with E-state index >= 15 is 0 Å². The average molecular weight is 496 g/mol. The molecule has 8 nitrogen and oxygen atoms in total. The molecule has 33 heavy (non-hydrogen) atoms. The van der Waals surface area contributed by atoms with Gasteiger partial charge in [0, 0.05) is 42.2 Å². The number of amides is 1. The van der Waals surface area contributed by atoms with Crippen molar-refractivity contribution in [2.24, 2.45) is 13.0 Å². The van der Waals surface area contributed by atoms with Crippen molar-refractivity contribution < 1.29 is 22.7 Å². The van der Waals surface area contributed by atoms with Crippen molar-refractivity contribution in [3.8, 4) is 0 Å². The molecule has 0 saturated carbocycles. The van der Waals surface area contributed by atoms with Crippen molar-refractivity contribution in [2.45, 2.75) is 45.4 Å². The Bertz CT molecular complexity index is 1190. The lowest BCUT2D eigenvalue weighted by Gasteiger charge is -2.31. The fraction of sp³-hybridized carbons (Fsp3) is 0.478. The number of carbonyl (C=O) groups is 2. The zero-order valence-corrected chi connectivity index (χ0v) is 21.1. The Kier molecular flexibility index (Phi) is 7.55. The third-order valence-corrected chi connectivity index (χ3v) is 8.63. The Labute approximate surface area is 199 Å². The molecule has 1 atom stereocenters. The molecule has 1 aromatic heterocycles. The molecule has 10 heteroatoms. The van der Waals surface area contributed by atoms with E-state index in [9.17, 15) is 18.0 Å². The number of ether oxygens (including phenoxy) is 1. The van der Waals surface area contributed by atoms with Gasteiger partial charge in [0.15, 0.2) is 0 Å². The van der Waals surface area contributed by atoms with Crippen LogP contribution >= 0.6 is 11.6 Å². The van der Waals surface area contributed by atoms with Crippen molar-refractivity contribution >= 4 is 39.2 Å². The van der Waals surface area contributed by atoms with Crippen LogP contribution in [0, 0.1) is 26.7 Å². The van der Waals surface area contributed by atoms with Gasteiger partial charge in [0.2, 0.25) is 15.9 Å². The third kappa shape index (κ3) is 4.95. The molecular formula is C23H30ClN3O5S. The van der Waals surface area contributed by atoms with Gasteiger partial charge >= 0.3 is 5.97 Å². The highest BCUT2D eigenvalue weighted by molar-refractivity contribution is 7.89. The minimum absolute atomic E-state index is 0.0312. The average Bonchev–Trinajstić information content (AvgIpc) is 3.01.